The molecule has 3 aromatic heterocycles. The number of fused-ring (bicyclic) bond motifs is 1. The number of nitrogens with one attached hydrogen (secondary N) is 1. The van der Waals surface area contributed by atoms with Gasteiger partial charge in [0.2, 0.25) is 0 Å². The maximum absolute atomic E-state index is 12.9. The van der Waals surface area contributed by atoms with Crippen molar-refractivity contribution in [1.82, 2.24) is 15.2 Å². The molecule has 0 spiro atoms. The van der Waals surface area contributed by atoms with Crippen LogP contribution in [0.5, 0.6) is 0 Å². The van der Waals surface area contributed by atoms with E-state index in [4.69, 9.17) is 11.6 Å². The van der Waals surface area contributed by atoms with Gasteiger partial charge in [0.05, 0.1) is 0 Å². The van der Waals surface area contributed by atoms with E-state index in [1.807, 2.05) is 0 Å². The van der Waals surface area contributed by atoms with Crippen molar-refractivity contribution in [1.29, 1.82) is 0 Å². The van der Waals surface area contributed by atoms with Crippen LogP contribution in [0.2, 0.25) is 5.15 Å². The molecule has 0 saturated heterocycles. The molecule has 0 fully saturated rings. The van der Waals surface area contributed by atoms with E-state index in [1.165, 1.54) is 23.7 Å². The average Bonchev–Trinajstić information content (AvgIpc) is 2.91. The van der Waals surface area contributed by atoms with E-state index in [0.29, 0.717) is 27.9 Å². The molecule has 0 radical (unpaired) electrons. The van der Waals surface area contributed by atoms with E-state index >= 15 is 0 Å². The third-order valence-corrected chi connectivity index (χ3v) is 3.76. The van der Waals surface area contributed by atoms with E-state index in [9.17, 15) is 13.2 Å². The minimum absolute atomic E-state index is 0.118. The van der Waals surface area contributed by atoms with Gasteiger partial charge >= 0.3 is 6.18 Å². The van der Waals surface area contributed by atoms with Gasteiger partial charge in [0, 0.05) is 22.7 Å². The third kappa shape index (κ3) is 2.08. The number of aromatic nitrogens is 3. The summed E-state index contributed by atoms with van der Waals surface area (Å²) in [6, 6.07) is 2.93. The van der Waals surface area contributed by atoms with Gasteiger partial charge in [-0.15, -0.1) is 21.5 Å². The average molecular weight is 304 g/mol. The van der Waals surface area contributed by atoms with E-state index in [1.54, 1.807) is 0 Å². The smallest absolute Gasteiger partial charge is 0.344 e. The molecule has 0 aliphatic heterocycles. The number of nitrogens with zero attached hydrogens (tertiary/aromatic N) is 2. The highest BCUT2D eigenvalue weighted by Gasteiger charge is 2.35. The largest absolute Gasteiger partial charge is 0.426 e. The zero-order valence-corrected chi connectivity index (χ0v) is 10.7. The van der Waals surface area contributed by atoms with Crippen molar-refractivity contribution in [3.8, 4) is 11.1 Å². The first-order valence-electron chi connectivity index (χ1n) is 5.12. The highest BCUT2D eigenvalue weighted by Crippen LogP contribution is 2.42. The number of hydrogen-bond donors (Lipinski definition) is 1. The molecule has 3 rings (SSSR count). The first kappa shape index (κ1) is 12.4. The molecule has 3 nitrogen and oxygen atoms in total. The van der Waals surface area contributed by atoms with Crippen molar-refractivity contribution in [2.75, 3.05) is 0 Å². The van der Waals surface area contributed by atoms with Crippen LogP contribution in [-0.4, -0.2) is 15.2 Å². The van der Waals surface area contributed by atoms with Crippen LogP contribution in [-0.2, 0) is 6.18 Å². The number of hydrogen-bond acceptors (Lipinski definition) is 3. The number of alkyl halides is 3. The number of rotatable bonds is 1. The van der Waals surface area contributed by atoms with Gasteiger partial charge in [-0.1, -0.05) is 11.6 Å². The van der Waals surface area contributed by atoms with Gasteiger partial charge in [0.1, 0.15) is 4.88 Å². The Balaban J connectivity index is 2.26. The lowest BCUT2D eigenvalue weighted by Crippen LogP contribution is -2.03. The molecule has 3 aromatic rings. The van der Waals surface area contributed by atoms with E-state index in [2.05, 4.69) is 15.2 Å². The van der Waals surface area contributed by atoms with E-state index < -0.39 is 11.1 Å². The maximum Gasteiger partial charge on any atom is 0.426 e. The van der Waals surface area contributed by atoms with E-state index in [0.717, 1.165) is 0 Å². The van der Waals surface area contributed by atoms with Gasteiger partial charge in [-0.25, -0.2) is 0 Å². The Bertz CT molecular complexity index is 747. The van der Waals surface area contributed by atoms with Crippen molar-refractivity contribution in [2.24, 2.45) is 0 Å². The molecular weight excluding hydrogens is 299 g/mol. The highest BCUT2D eigenvalue weighted by molar-refractivity contribution is 7.10. The monoisotopic (exact) mass is 303 g/mol. The van der Waals surface area contributed by atoms with Gasteiger partial charge in [-0.2, -0.15) is 13.2 Å². The Morgan fingerprint density at radius 2 is 2.00 bits per heavy atom. The molecule has 19 heavy (non-hydrogen) atoms. The predicted molar refractivity (Wildman–Crippen MR) is 67.2 cm³/mol. The van der Waals surface area contributed by atoms with Gasteiger partial charge in [0.25, 0.3) is 0 Å². The summed E-state index contributed by atoms with van der Waals surface area (Å²) in [5.41, 5.74) is 0.937. The van der Waals surface area contributed by atoms with Crippen molar-refractivity contribution in [2.45, 2.75) is 6.18 Å². The molecule has 0 aliphatic rings. The van der Waals surface area contributed by atoms with Crippen molar-refractivity contribution in [3.63, 3.8) is 0 Å². The maximum atomic E-state index is 12.9. The van der Waals surface area contributed by atoms with Crippen molar-refractivity contribution in [3.05, 3.63) is 33.7 Å². The summed E-state index contributed by atoms with van der Waals surface area (Å²) in [4.78, 5) is 2.15. The van der Waals surface area contributed by atoms with Crippen LogP contribution in [0.4, 0.5) is 13.2 Å². The highest BCUT2D eigenvalue weighted by atomic mass is 35.5. The Hall–Kier alpha value is -1.60. The van der Waals surface area contributed by atoms with Crippen LogP contribution >= 0.6 is 22.9 Å². The zero-order chi connectivity index (χ0) is 13.6. The third-order valence-electron chi connectivity index (χ3n) is 2.62. The lowest BCUT2D eigenvalue weighted by Gasteiger charge is -2.06. The molecular formula is C11H5ClF3N3S. The van der Waals surface area contributed by atoms with Gasteiger partial charge in [-0.3, -0.25) is 0 Å². The molecule has 0 amide bonds. The molecule has 3 heterocycles. The summed E-state index contributed by atoms with van der Waals surface area (Å²) in [5, 5.41) is 9.49. The summed E-state index contributed by atoms with van der Waals surface area (Å²) >= 11 is 6.39. The van der Waals surface area contributed by atoms with Crippen molar-refractivity contribution >= 4 is 34.0 Å². The standard InChI is InChI=1S/C11H5ClF3N3S/c12-8-3-6-7(4-16-10(6)18-17-8)5-1-2-19-9(5)11(13,14)15/h1-4H,(H,16,18). The SMILES string of the molecule is FC(F)(F)c1sccc1-c1c[nH]c2nnc(Cl)cc12. The molecule has 0 aliphatic carbocycles. The first-order valence-corrected chi connectivity index (χ1v) is 6.38. The molecule has 0 atom stereocenters. The quantitative estimate of drug-likeness (QED) is 0.726. The minimum atomic E-state index is -4.38. The normalized spacial score (nSPS) is 12.2. The predicted octanol–water partition coefficient (Wildman–Crippen LogP) is 4.36. The molecule has 1 N–H and O–H groups in total. The molecule has 0 bridgehead atoms. The number of H-pyrrole nitrogens is 1. The summed E-state index contributed by atoms with van der Waals surface area (Å²) in [6.45, 7) is 0. The second-order valence-corrected chi connectivity index (χ2v) is 5.10. The first-order chi connectivity index (χ1) is 8.97. The van der Waals surface area contributed by atoms with Crippen LogP contribution in [0.25, 0.3) is 22.2 Å². The fourth-order valence-corrected chi connectivity index (χ4v) is 2.79. The summed E-state index contributed by atoms with van der Waals surface area (Å²) in [7, 11) is 0. The molecule has 0 unspecified atom stereocenters. The Morgan fingerprint density at radius 1 is 1.21 bits per heavy atom. The Morgan fingerprint density at radius 3 is 2.74 bits per heavy atom. The van der Waals surface area contributed by atoms with Gasteiger partial charge in [0.15, 0.2) is 10.8 Å². The molecule has 0 aromatic carbocycles. The summed E-state index contributed by atoms with van der Waals surface area (Å²) in [6.07, 6.45) is -2.90. The molecule has 98 valence electrons. The minimum Gasteiger partial charge on any atom is -0.344 e. The van der Waals surface area contributed by atoms with Crippen LogP contribution in [0, 0.1) is 0 Å². The Labute approximate surface area is 114 Å². The summed E-state index contributed by atoms with van der Waals surface area (Å²) in [5.74, 6) is 0. The second-order valence-electron chi connectivity index (χ2n) is 3.79. The van der Waals surface area contributed by atoms with Crippen molar-refractivity contribution < 1.29 is 13.2 Å². The second kappa shape index (κ2) is 4.21. The zero-order valence-electron chi connectivity index (χ0n) is 9.12. The van der Waals surface area contributed by atoms with Crippen LogP contribution in [0.15, 0.2) is 23.7 Å². The van der Waals surface area contributed by atoms with Crippen LogP contribution < -0.4 is 0 Å². The topological polar surface area (TPSA) is 41.6 Å². The number of aromatic amines is 1. The summed E-state index contributed by atoms with van der Waals surface area (Å²) < 4.78 is 38.7. The van der Waals surface area contributed by atoms with Crippen LogP contribution in [0.3, 0.4) is 0 Å². The van der Waals surface area contributed by atoms with Gasteiger partial charge in [-0.05, 0) is 17.5 Å². The number of thiophene rings is 1. The lowest BCUT2D eigenvalue weighted by atomic mass is 10.1. The van der Waals surface area contributed by atoms with Gasteiger partial charge < -0.3 is 4.98 Å². The lowest BCUT2D eigenvalue weighted by molar-refractivity contribution is -0.133. The fraction of sp³-hybridized carbons (Fsp3) is 0.0909. The van der Waals surface area contributed by atoms with E-state index in [-0.39, 0.29) is 10.7 Å². The number of halogens is 4. The fourth-order valence-electron chi connectivity index (χ4n) is 1.86. The van der Waals surface area contributed by atoms with Crippen LogP contribution in [0.1, 0.15) is 4.88 Å². The molecule has 8 heteroatoms. The Kier molecular flexibility index (Phi) is 2.75. The molecule has 0 saturated carbocycles.